The molecule has 200 valence electrons. The monoisotopic (exact) mass is 548 g/mol. The van der Waals surface area contributed by atoms with Gasteiger partial charge in [0.2, 0.25) is 0 Å². The lowest BCUT2D eigenvalue weighted by Crippen LogP contribution is -2.30. The van der Waals surface area contributed by atoms with Gasteiger partial charge in [-0.1, -0.05) is 12.1 Å². The maximum absolute atomic E-state index is 6.06. The first-order valence-corrected chi connectivity index (χ1v) is 13.3. The van der Waals surface area contributed by atoms with E-state index < -0.39 is 0 Å². The van der Waals surface area contributed by atoms with Crippen molar-refractivity contribution in [2.75, 3.05) is 19.1 Å². The molecule has 0 spiro atoms. The summed E-state index contributed by atoms with van der Waals surface area (Å²) in [6, 6.07) is 33.3. The number of aromatic nitrogens is 2. The van der Waals surface area contributed by atoms with Crippen LogP contribution in [-0.4, -0.2) is 28.9 Å². The van der Waals surface area contributed by atoms with Crippen molar-refractivity contribution in [3.8, 4) is 28.7 Å². The number of thiocarbonyl (C=S) groups is 1. The molecule has 0 aliphatic carbocycles. The van der Waals surface area contributed by atoms with Gasteiger partial charge < -0.3 is 29.0 Å². The highest BCUT2D eigenvalue weighted by atomic mass is 32.1. The smallest absolute Gasteiger partial charge is 0.174 e. The Hall–Kier alpha value is -4.82. The van der Waals surface area contributed by atoms with Gasteiger partial charge in [-0.15, -0.1) is 0 Å². The van der Waals surface area contributed by atoms with E-state index in [2.05, 4.69) is 44.2 Å². The highest BCUT2D eigenvalue weighted by molar-refractivity contribution is 7.80. The second kappa shape index (κ2) is 11.1. The van der Waals surface area contributed by atoms with Crippen LogP contribution in [0.5, 0.6) is 23.0 Å². The van der Waals surface area contributed by atoms with E-state index in [1.165, 1.54) is 0 Å². The van der Waals surface area contributed by atoms with Gasteiger partial charge in [0.1, 0.15) is 29.0 Å². The summed E-state index contributed by atoms with van der Waals surface area (Å²) >= 11 is 5.93. The fourth-order valence-corrected chi connectivity index (χ4v) is 5.36. The summed E-state index contributed by atoms with van der Waals surface area (Å²) in [6.07, 6.45) is 3.87. The third kappa shape index (κ3) is 4.97. The predicted octanol–water partition coefficient (Wildman–Crippen LogP) is 6.86. The first-order valence-electron chi connectivity index (χ1n) is 12.9. The van der Waals surface area contributed by atoms with Crippen molar-refractivity contribution in [3.05, 3.63) is 127 Å². The van der Waals surface area contributed by atoms with Gasteiger partial charge in [-0.3, -0.25) is 4.98 Å². The zero-order valence-electron chi connectivity index (χ0n) is 22.1. The zero-order valence-corrected chi connectivity index (χ0v) is 22.9. The van der Waals surface area contributed by atoms with Crippen LogP contribution in [0.2, 0.25) is 0 Å². The second-order valence-corrected chi connectivity index (χ2v) is 9.66. The molecule has 3 heterocycles. The fourth-order valence-electron chi connectivity index (χ4n) is 5.02. The predicted molar refractivity (Wildman–Crippen MR) is 160 cm³/mol. The Morgan fingerprint density at radius 3 is 2.15 bits per heavy atom. The van der Waals surface area contributed by atoms with Crippen molar-refractivity contribution in [2.45, 2.75) is 12.1 Å². The minimum Gasteiger partial charge on any atom is -0.497 e. The highest BCUT2D eigenvalue weighted by Crippen LogP contribution is 2.43. The molecular weight excluding hydrogens is 520 g/mol. The largest absolute Gasteiger partial charge is 0.497 e. The molecule has 0 unspecified atom stereocenters. The molecule has 6 rings (SSSR count). The fraction of sp³-hybridized carbons (Fsp3) is 0.125. The molecule has 2 aromatic heterocycles. The molecule has 0 bridgehead atoms. The molecule has 1 aliphatic heterocycles. The van der Waals surface area contributed by atoms with Gasteiger partial charge in [0, 0.05) is 35.5 Å². The lowest BCUT2D eigenvalue weighted by molar-refractivity contribution is 0.413. The number of anilines is 1. The van der Waals surface area contributed by atoms with Gasteiger partial charge in [0.15, 0.2) is 5.11 Å². The summed E-state index contributed by atoms with van der Waals surface area (Å²) in [7, 11) is 3.32. The standard InChI is InChI=1S/C32H28N4O3S/c1-37-24-15-17-26(18-16-24)39-25-13-11-22(12-14-25)36-31(30(34-32(36)40)28-9-3-4-19-33-28)29-10-6-20-35(29)23-7-5-8-27(21-23)38-2/h3-21,30-31H,1-2H3,(H,34,40)/t30-,31+/m0/s1. The van der Waals surface area contributed by atoms with Gasteiger partial charge >= 0.3 is 0 Å². The minimum absolute atomic E-state index is 0.164. The topological polar surface area (TPSA) is 60.8 Å². The van der Waals surface area contributed by atoms with Gasteiger partial charge in [0.25, 0.3) is 0 Å². The SMILES string of the molecule is COc1ccc(Oc2ccc(N3C(=S)N[C@@H](c4ccccn4)[C@H]3c3cccn3-c3cccc(OC)c3)cc2)cc1. The molecule has 0 saturated carbocycles. The average molecular weight is 549 g/mol. The van der Waals surface area contributed by atoms with Crippen LogP contribution in [0.3, 0.4) is 0 Å². The number of nitrogens with zero attached hydrogens (tertiary/aromatic N) is 3. The third-order valence-corrected chi connectivity index (χ3v) is 7.24. The number of rotatable bonds is 8. The van der Waals surface area contributed by atoms with Crippen LogP contribution in [0, 0.1) is 0 Å². The number of hydrogen-bond donors (Lipinski definition) is 1. The molecule has 1 N–H and O–H groups in total. The van der Waals surface area contributed by atoms with E-state index in [-0.39, 0.29) is 12.1 Å². The van der Waals surface area contributed by atoms with Gasteiger partial charge in [0.05, 0.1) is 26.0 Å². The van der Waals surface area contributed by atoms with Crippen LogP contribution in [-0.2, 0) is 0 Å². The number of benzene rings is 3. The van der Waals surface area contributed by atoms with Crippen LogP contribution < -0.4 is 24.4 Å². The number of methoxy groups -OCH3 is 2. The first-order chi connectivity index (χ1) is 19.6. The lowest BCUT2D eigenvalue weighted by Gasteiger charge is -2.29. The van der Waals surface area contributed by atoms with Crippen LogP contribution in [0.1, 0.15) is 23.5 Å². The van der Waals surface area contributed by atoms with E-state index in [9.17, 15) is 0 Å². The number of hydrogen-bond acceptors (Lipinski definition) is 5. The molecule has 1 saturated heterocycles. The molecule has 0 radical (unpaired) electrons. The molecule has 8 heteroatoms. The van der Waals surface area contributed by atoms with Crippen LogP contribution in [0.4, 0.5) is 5.69 Å². The summed E-state index contributed by atoms with van der Waals surface area (Å²) < 4.78 is 19.0. The summed E-state index contributed by atoms with van der Waals surface area (Å²) in [5.41, 5.74) is 3.92. The molecular formula is C32H28N4O3S. The summed E-state index contributed by atoms with van der Waals surface area (Å²) in [4.78, 5) is 6.83. The van der Waals surface area contributed by atoms with E-state index in [1.807, 2.05) is 91.1 Å². The number of nitrogens with one attached hydrogen (secondary N) is 1. The molecule has 3 aromatic carbocycles. The zero-order chi connectivity index (χ0) is 27.5. The van der Waals surface area contributed by atoms with Crippen molar-refractivity contribution in [2.24, 2.45) is 0 Å². The summed E-state index contributed by atoms with van der Waals surface area (Å²) in [6.45, 7) is 0. The van der Waals surface area contributed by atoms with Crippen molar-refractivity contribution < 1.29 is 14.2 Å². The molecule has 1 fully saturated rings. The quantitative estimate of drug-likeness (QED) is 0.213. The molecule has 7 nitrogen and oxygen atoms in total. The van der Waals surface area contributed by atoms with Crippen molar-refractivity contribution >= 4 is 23.0 Å². The van der Waals surface area contributed by atoms with E-state index in [0.717, 1.165) is 45.8 Å². The Morgan fingerprint density at radius 2 is 1.45 bits per heavy atom. The van der Waals surface area contributed by atoms with Crippen molar-refractivity contribution in [3.63, 3.8) is 0 Å². The lowest BCUT2D eigenvalue weighted by atomic mass is 10.0. The maximum atomic E-state index is 6.06. The minimum atomic E-state index is -0.169. The molecule has 1 aliphatic rings. The van der Waals surface area contributed by atoms with E-state index in [4.69, 9.17) is 26.4 Å². The highest BCUT2D eigenvalue weighted by Gasteiger charge is 2.42. The van der Waals surface area contributed by atoms with Crippen molar-refractivity contribution in [1.82, 2.24) is 14.9 Å². The normalized spacial score (nSPS) is 16.4. The van der Waals surface area contributed by atoms with Crippen LogP contribution in [0.25, 0.3) is 5.69 Å². The summed E-state index contributed by atoms with van der Waals surface area (Å²) in [5, 5.41) is 4.16. The van der Waals surface area contributed by atoms with Gasteiger partial charge in [-0.05, 0) is 97.1 Å². The Labute approximate surface area is 238 Å². The van der Waals surface area contributed by atoms with E-state index in [0.29, 0.717) is 5.11 Å². The van der Waals surface area contributed by atoms with Gasteiger partial charge in [-0.25, -0.2) is 0 Å². The number of pyridine rings is 1. The summed E-state index contributed by atoms with van der Waals surface area (Å²) in [5.74, 6) is 3.04. The van der Waals surface area contributed by atoms with Crippen LogP contribution in [0.15, 0.2) is 116 Å². The second-order valence-electron chi connectivity index (χ2n) is 9.27. The molecule has 0 amide bonds. The van der Waals surface area contributed by atoms with E-state index >= 15 is 0 Å². The molecule has 40 heavy (non-hydrogen) atoms. The van der Waals surface area contributed by atoms with Gasteiger partial charge in [-0.2, -0.15) is 0 Å². The average Bonchev–Trinajstić information content (AvgIpc) is 3.63. The third-order valence-electron chi connectivity index (χ3n) is 6.92. The molecule has 2 atom stereocenters. The Balaban J connectivity index is 1.37. The Bertz CT molecular complexity index is 1600. The van der Waals surface area contributed by atoms with E-state index in [1.54, 1.807) is 14.2 Å². The van der Waals surface area contributed by atoms with Crippen LogP contribution >= 0.6 is 12.2 Å². The molecule has 5 aromatic rings. The Kier molecular flexibility index (Phi) is 7.08. The first kappa shape index (κ1) is 25.5. The maximum Gasteiger partial charge on any atom is 0.174 e. The Morgan fingerprint density at radius 1 is 0.725 bits per heavy atom. The number of ether oxygens (including phenoxy) is 3. The van der Waals surface area contributed by atoms with Crippen molar-refractivity contribution in [1.29, 1.82) is 0 Å².